The van der Waals surface area contributed by atoms with Gasteiger partial charge in [-0.3, -0.25) is 9.69 Å². The number of piperazine rings is 1. The van der Waals surface area contributed by atoms with E-state index in [0.717, 1.165) is 4.88 Å². The second-order valence-corrected chi connectivity index (χ2v) is 7.69. The van der Waals surface area contributed by atoms with Crippen molar-refractivity contribution in [2.45, 2.75) is 45.4 Å². The third-order valence-corrected chi connectivity index (χ3v) is 4.85. The van der Waals surface area contributed by atoms with Crippen LogP contribution in [0.3, 0.4) is 0 Å². The van der Waals surface area contributed by atoms with Crippen LogP contribution in [0.1, 0.15) is 38.6 Å². The van der Waals surface area contributed by atoms with E-state index < -0.39 is 23.7 Å². The van der Waals surface area contributed by atoms with Gasteiger partial charge in [0.05, 0.1) is 6.54 Å². The molecule has 1 aromatic rings. The van der Waals surface area contributed by atoms with Gasteiger partial charge in [0.1, 0.15) is 11.6 Å². The predicted molar refractivity (Wildman–Crippen MR) is 88.7 cm³/mol. The molecule has 128 valence electrons. The molecule has 2 rings (SSSR count). The lowest BCUT2D eigenvalue weighted by molar-refractivity contribution is -0.146. The van der Waals surface area contributed by atoms with Gasteiger partial charge in [-0.15, -0.1) is 11.3 Å². The van der Waals surface area contributed by atoms with Crippen LogP contribution in [0.5, 0.6) is 0 Å². The Kier molecular flexibility index (Phi) is 5.31. The minimum atomic E-state index is -0.915. The van der Waals surface area contributed by atoms with Gasteiger partial charge in [0.2, 0.25) is 0 Å². The molecule has 1 aliphatic heterocycles. The first-order valence-corrected chi connectivity index (χ1v) is 8.57. The molecule has 2 atom stereocenters. The van der Waals surface area contributed by atoms with Crippen molar-refractivity contribution in [3.8, 4) is 0 Å². The monoisotopic (exact) mass is 340 g/mol. The number of carboxylic acid groups (broad SMARTS) is 1. The van der Waals surface area contributed by atoms with Gasteiger partial charge < -0.3 is 14.7 Å². The van der Waals surface area contributed by atoms with Crippen molar-refractivity contribution in [2.24, 2.45) is 0 Å². The highest BCUT2D eigenvalue weighted by Crippen LogP contribution is 2.28. The third-order valence-electron chi connectivity index (χ3n) is 3.81. The summed E-state index contributed by atoms with van der Waals surface area (Å²) in [6.45, 7) is 8.52. The SMILES string of the molecule is CC(c1cccs1)N1CCN(C(=O)OC(C)(C)C)CC1C(=O)O. The Morgan fingerprint density at radius 3 is 2.61 bits per heavy atom. The normalized spacial score (nSPS) is 21.0. The number of nitrogens with zero attached hydrogens (tertiary/aromatic N) is 2. The predicted octanol–water partition coefficient (Wildman–Crippen LogP) is 2.82. The first-order chi connectivity index (χ1) is 10.7. The van der Waals surface area contributed by atoms with Crippen LogP contribution in [0.2, 0.25) is 0 Å². The second-order valence-electron chi connectivity index (χ2n) is 6.71. The summed E-state index contributed by atoms with van der Waals surface area (Å²) in [5.74, 6) is -0.915. The summed E-state index contributed by atoms with van der Waals surface area (Å²) in [5.41, 5.74) is -0.586. The number of rotatable bonds is 3. The highest BCUT2D eigenvalue weighted by atomic mass is 32.1. The molecular weight excluding hydrogens is 316 g/mol. The Bertz CT molecular complexity index is 553. The van der Waals surface area contributed by atoms with E-state index in [1.165, 1.54) is 4.90 Å². The van der Waals surface area contributed by atoms with Crippen LogP contribution < -0.4 is 0 Å². The fourth-order valence-corrected chi connectivity index (χ4v) is 3.47. The highest BCUT2D eigenvalue weighted by Gasteiger charge is 2.38. The average molecular weight is 340 g/mol. The van der Waals surface area contributed by atoms with Crippen LogP contribution in [0.15, 0.2) is 17.5 Å². The topological polar surface area (TPSA) is 70.1 Å². The Hall–Kier alpha value is -1.60. The quantitative estimate of drug-likeness (QED) is 0.916. The van der Waals surface area contributed by atoms with E-state index in [0.29, 0.717) is 13.1 Å². The average Bonchev–Trinajstić information content (AvgIpc) is 2.98. The summed E-state index contributed by atoms with van der Waals surface area (Å²) in [6, 6.07) is 3.25. The van der Waals surface area contributed by atoms with Crippen molar-refractivity contribution in [1.29, 1.82) is 0 Å². The number of carbonyl (C=O) groups is 2. The molecule has 2 heterocycles. The standard InChI is InChI=1S/C16H24N2O4S/c1-11(13-6-5-9-23-13)18-8-7-17(10-12(18)14(19)20)15(21)22-16(2,3)4/h5-6,9,11-12H,7-8,10H2,1-4H3,(H,19,20). The Balaban J connectivity index is 2.09. The van der Waals surface area contributed by atoms with E-state index >= 15 is 0 Å². The molecule has 23 heavy (non-hydrogen) atoms. The molecule has 1 N–H and O–H groups in total. The van der Waals surface area contributed by atoms with Crippen LogP contribution in [0.25, 0.3) is 0 Å². The van der Waals surface area contributed by atoms with Gasteiger partial charge in [0.15, 0.2) is 0 Å². The van der Waals surface area contributed by atoms with Gasteiger partial charge in [0.25, 0.3) is 0 Å². The Labute approximate surface area is 140 Å². The molecule has 1 amide bonds. The smallest absolute Gasteiger partial charge is 0.410 e. The Morgan fingerprint density at radius 2 is 2.09 bits per heavy atom. The number of carbonyl (C=O) groups excluding carboxylic acids is 1. The van der Waals surface area contributed by atoms with Gasteiger partial charge in [-0.1, -0.05) is 6.07 Å². The van der Waals surface area contributed by atoms with E-state index in [9.17, 15) is 14.7 Å². The van der Waals surface area contributed by atoms with Crippen molar-refractivity contribution in [1.82, 2.24) is 9.80 Å². The fourth-order valence-electron chi connectivity index (χ4n) is 2.67. The first kappa shape index (κ1) is 17.7. The van der Waals surface area contributed by atoms with Crippen molar-refractivity contribution in [3.63, 3.8) is 0 Å². The van der Waals surface area contributed by atoms with Crippen molar-refractivity contribution < 1.29 is 19.4 Å². The molecule has 0 saturated carbocycles. The maximum Gasteiger partial charge on any atom is 0.410 e. The van der Waals surface area contributed by atoms with Gasteiger partial charge in [0, 0.05) is 24.0 Å². The molecule has 0 spiro atoms. The Morgan fingerprint density at radius 1 is 1.39 bits per heavy atom. The second kappa shape index (κ2) is 6.88. The lowest BCUT2D eigenvalue weighted by atomic mass is 10.1. The lowest BCUT2D eigenvalue weighted by Gasteiger charge is -2.42. The van der Waals surface area contributed by atoms with Crippen molar-refractivity contribution in [3.05, 3.63) is 22.4 Å². The molecule has 1 fully saturated rings. The van der Waals surface area contributed by atoms with Crippen LogP contribution in [-0.4, -0.2) is 58.2 Å². The molecule has 0 bridgehead atoms. The zero-order valence-electron chi connectivity index (χ0n) is 14.0. The summed E-state index contributed by atoms with van der Waals surface area (Å²) < 4.78 is 5.35. The van der Waals surface area contributed by atoms with Gasteiger partial charge in [-0.05, 0) is 39.1 Å². The lowest BCUT2D eigenvalue weighted by Crippen LogP contribution is -2.58. The highest BCUT2D eigenvalue weighted by molar-refractivity contribution is 7.10. The number of hydrogen-bond donors (Lipinski definition) is 1. The van der Waals surface area contributed by atoms with E-state index in [1.54, 1.807) is 32.1 Å². The van der Waals surface area contributed by atoms with Crippen LogP contribution in [0, 0.1) is 0 Å². The fraction of sp³-hybridized carbons (Fsp3) is 0.625. The molecule has 2 unspecified atom stereocenters. The molecule has 1 saturated heterocycles. The molecule has 7 heteroatoms. The van der Waals surface area contributed by atoms with E-state index in [1.807, 2.05) is 29.3 Å². The molecule has 0 radical (unpaired) electrons. The third kappa shape index (κ3) is 4.45. The van der Waals surface area contributed by atoms with Crippen LogP contribution in [0.4, 0.5) is 4.79 Å². The van der Waals surface area contributed by atoms with Gasteiger partial charge in [-0.25, -0.2) is 4.79 Å². The summed E-state index contributed by atoms with van der Waals surface area (Å²) in [6.07, 6.45) is -0.452. The largest absolute Gasteiger partial charge is 0.480 e. The minimum Gasteiger partial charge on any atom is -0.480 e. The van der Waals surface area contributed by atoms with E-state index in [-0.39, 0.29) is 12.6 Å². The van der Waals surface area contributed by atoms with Crippen molar-refractivity contribution in [2.75, 3.05) is 19.6 Å². The number of ether oxygens (including phenoxy) is 1. The number of thiophene rings is 1. The maximum atomic E-state index is 12.2. The zero-order chi connectivity index (χ0) is 17.2. The summed E-state index contributed by atoms with van der Waals surface area (Å²) in [4.78, 5) is 28.4. The van der Waals surface area contributed by atoms with E-state index in [4.69, 9.17) is 4.74 Å². The summed E-state index contributed by atoms with van der Waals surface area (Å²) >= 11 is 1.61. The molecule has 1 aliphatic rings. The summed E-state index contributed by atoms with van der Waals surface area (Å²) in [5, 5.41) is 11.6. The molecule has 0 aromatic carbocycles. The number of amides is 1. The van der Waals surface area contributed by atoms with Crippen molar-refractivity contribution >= 4 is 23.4 Å². The van der Waals surface area contributed by atoms with Crippen LogP contribution >= 0.6 is 11.3 Å². The minimum absolute atomic E-state index is 0.0110. The van der Waals surface area contributed by atoms with Crippen LogP contribution in [-0.2, 0) is 9.53 Å². The molecular formula is C16H24N2O4S. The molecule has 6 nitrogen and oxygen atoms in total. The van der Waals surface area contributed by atoms with Gasteiger partial charge in [-0.2, -0.15) is 0 Å². The first-order valence-electron chi connectivity index (χ1n) is 7.69. The van der Waals surface area contributed by atoms with Gasteiger partial charge >= 0.3 is 12.1 Å². The number of hydrogen-bond acceptors (Lipinski definition) is 5. The molecule has 1 aromatic heterocycles. The number of carboxylic acids is 1. The van der Waals surface area contributed by atoms with E-state index in [2.05, 4.69) is 0 Å². The number of aliphatic carboxylic acids is 1. The molecule has 0 aliphatic carbocycles. The summed E-state index contributed by atoms with van der Waals surface area (Å²) in [7, 11) is 0. The maximum absolute atomic E-state index is 12.2. The zero-order valence-corrected chi connectivity index (χ0v) is 14.8.